The van der Waals surface area contributed by atoms with Gasteiger partial charge in [-0.3, -0.25) is 14.7 Å². The zero-order valence-electron chi connectivity index (χ0n) is 43.5. The lowest BCUT2D eigenvalue weighted by Crippen LogP contribution is -2.48. The molecule has 362 valence electrons. The van der Waals surface area contributed by atoms with Gasteiger partial charge in [0.2, 0.25) is 0 Å². The first-order chi connectivity index (χ1) is 29.8. The maximum atomic E-state index is 12.1. The number of nitrogens with zero attached hydrogens (tertiary/aromatic N) is 9. The molecular formula is C51H96N10O2. The zero-order valence-corrected chi connectivity index (χ0v) is 43.5. The Morgan fingerprint density at radius 1 is 0.667 bits per heavy atom. The zero-order chi connectivity index (χ0) is 47.3. The summed E-state index contributed by atoms with van der Waals surface area (Å²) >= 11 is 0. The largest absolute Gasteiger partial charge is 0.483 e. The van der Waals surface area contributed by atoms with Crippen LogP contribution in [0.15, 0.2) is 47.5 Å². The highest BCUT2D eigenvalue weighted by atomic mass is 16.5. The minimum atomic E-state index is -0.145. The number of piperidine rings is 1. The third kappa shape index (κ3) is 29.0. The summed E-state index contributed by atoms with van der Waals surface area (Å²) in [7, 11) is 20.4. The summed E-state index contributed by atoms with van der Waals surface area (Å²) in [5.74, 6) is 3.21. The number of guanidine groups is 1. The summed E-state index contributed by atoms with van der Waals surface area (Å²) in [5, 5.41) is 2.90. The van der Waals surface area contributed by atoms with Crippen molar-refractivity contribution in [2.45, 2.75) is 80.2 Å². The Kier molecular flexibility index (Phi) is 30.5. The molecule has 2 aromatic carbocycles. The maximum absolute atomic E-state index is 12.1. The number of nitrogens with one attached hydrogen (secondary N) is 1. The summed E-state index contributed by atoms with van der Waals surface area (Å²) in [5.41, 5.74) is 4.32. The molecule has 0 saturated carbocycles. The van der Waals surface area contributed by atoms with Crippen LogP contribution in [-0.2, 0) is 11.3 Å². The van der Waals surface area contributed by atoms with E-state index >= 15 is 0 Å². The van der Waals surface area contributed by atoms with E-state index < -0.39 is 0 Å². The van der Waals surface area contributed by atoms with E-state index in [2.05, 4.69) is 115 Å². The Labute approximate surface area is 388 Å². The molecule has 2 aromatic rings. The molecule has 12 heteroatoms. The number of ether oxygens (including phenoxy) is 1. The molecular weight excluding hydrogens is 785 g/mol. The summed E-state index contributed by atoms with van der Waals surface area (Å²) in [4.78, 5) is 34.7. The van der Waals surface area contributed by atoms with Crippen LogP contribution in [0, 0.1) is 25.7 Å². The van der Waals surface area contributed by atoms with Gasteiger partial charge in [0.15, 0.2) is 12.6 Å². The molecule has 0 bridgehead atoms. The van der Waals surface area contributed by atoms with Crippen LogP contribution in [0.25, 0.3) is 0 Å². The lowest BCUT2D eigenvalue weighted by atomic mass is 10.1. The number of benzene rings is 2. The normalized spacial score (nSPS) is 14.7. The van der Waals surface area contributed by atoms with Gasteiger partial charge >= 0.3 is 0 Å². The van der Waals surface area contributed by atoms with Gasteiger partial charge in [0.25, 0.3) is 5.91 Å². The predicted molar refractivity (Wildman–Crippen MR) is 273 cm³/mol. The van der Waals surface area contributed by atoms with Gasteiger partial charge in [-0.15, -0.1) is 0 Å². The van der Waals surface area contributed by atoms with E-state index in [4.69, 9.17) is 4.74 Å². The van der Waals surface area contributed by atoms with Crippen molar-refractivity contribution in [2.24, 2.45) is 16.8 Å². The number of carbonyl (C=O) groups is 1. The van der Waals surface area contributed by atoms with Crippen molar-refractivity contribution in [3.8, 4) is 5.75 Å². The molecule has 12 nitrogen and oxygen atoms in total. The minimum Gasteiger partial charge on any atom is -0.483 e. The molecule has 0 spiro atoms. The van der Waals surface area contributed by atoms with Crippen molar-refractivity contribution in [1.29, 1.82) is 0 Å². The van der Waals surface area contributed by atoms with Gasteiger partial charge in [-0.1, -0.05) is 63.9 Å². The van der Waals surface area contributed by atoms with E-state index in [0.29, 0.717) is 0 Å². The number of piperazine rings is 1. The molecule has 0 aromatic heterocycles. The molecule has 2 aliphatic rings. The van der Waals surface area contributed by atoms with Crippen LogP contribution in [0.5, 0.6) is 5.75 Å². The van der Waals surface area contributed by atoms with E-state index in [1.807, 2.05) is 82.2 Å². The van der Waals surface area contributed by atoms with Gasteiger partial charge < -0.3 is 44.4 Å². The monoisotopic (exact) mass is 881 g/mol. The van der Waals surface area contributed by atoms with Crippen molar-refractivity contribution in [2.75, 3.05) is 161 Å². The van der Waals surface area contributed by atoms with Crippen molar-refractivity contribution in [1.82, 2.24) is 39.2 Å². The lowest BCUT2D eigenvalue weighted by molar-refractivity contribution is -0.118. The number of amides is 1. The Morgan fingerprint density at radius 2 is 1.16 bits per heavy atom. The van der Waals surface area contributed by atoms with Crippen LogP contribution in [0.4, 0.5) is 5.69 Å². The van der Waals surface area contributed by atoms with Crippen LogP contribution in [0.3, 0.4) is 0 Å². The Morgan fingerprint density at radius 3 is 1.56 bits per heavy atom. The third-order valence-electron chi connectivity index (χ3n) is 10.8. The average molecular weight is 881 g/mol. The third-order valence-corrected chi connectivity index (χ3v) is 10.8. The molecule has 2 saturated heterocycles. The first-order valence-corrected chi connectivity index (χ1v) is 23.8. The van der Waals surface area contributed by atoms with Gasteiger partial charge in [0.1, 0.15) is 5.75 Å². The minimum absolute atomic E-state index is 0.0133. The highest BCUT2D eigenvalue weighted by molar-refractivity contribution is 5.91. The number of anilines is 1. The van der Waals surface area contributed by atoms with Gasteiger partial charge in [0.05, 0.1) is 0 Å². The van der Waals surface area contributed by atoms with Crippen LogP contribution in [-0.4, -0.2) is 207 Å². The van der Waals surface area contributed by atoms with Crippen LogP contribution in [0.1, 0.15) is 76.5 Å². The molecule has 0 unspecified atom stereocenters. The van der Waals surface area contributed by atoms with Crippen molar-refractivity contribution in [3.05, 3.63) is 59.2 Å². The molecule has 1 amide bonds. The standard InChI is InChI=1S/C22H28N2O2.C12H26N2.C11H27N3.C6H15N3/c1-17-6-11-21(18(2)14-17)26-16-22(25)23-20-9-7-19(8-10-20)15-24-12-4-3-5-13-24;1-11(2)9-13-5-7-14(8-6-13)10-12(3)4;1-12(2)8-6-10-14(5)11-7-9-13(3)4;1-7-6(8(2)3)9(4)5/h6-11,14H,3-5,12-13,15-16H2,1-2H3,(H,23,25);11-12H,5-10H2,1-4H3;6-11H2,1-5H3;1-5H3. The van der Waals surface area contributed by atoms with Crippen LogP contribution >= 0.6 is 0 Å². The van der Waals surface area contributed by atoms with Gasteiger partial charge in [0, 0.05) is 86.7 Å². The predicted octanol–water partition coefficient (Wildman–Crippen LogP) is 7.14. The lowest BCUT2D eigenvalue weighted by Gasteiger charge is -2.36. The first kappa shape index (κ1) is 57.8. The summed E-state index contributed by atoms with van der Waals surface area (Å²) < 4.78 is 5.63. The van der Waals surface area contributed by atoms with Crippen LogP contribution < -0.4 is 10.1 Å². The topological polar surface area (TPSA) is 76.6 Å². The first-order valence-electron chi connectivity index (χ1n) is 23.8. The molecule has 4 rings (SSSR count). The smallest absolute Gasteiger partial charge is 0.262 e. The second-order valence-electron chi connectivity index (χ2n) is 19.5. The molecule has 0 aliphatic carbocycles. The molecule has 2 fully saturated rings. The Balaban J connectivity index is 0.000000459. The number of carbonyl (C=O) groups excluding carboxylic acids is 1. The second-order valence-corrected chi connectivity index (χ2v) is 19.5. The van der Waals surface area contributed by atoms with Crippen molar-refractivity contribution < 1.29 is 9.53 Å². The summed E-state index contributed by atoms with van der Waals surface area (Å²) in [6, 6.07) is 14.1. The SMILES string of the molecule is CC(C)CN1CCN(CC(C)C)CC1.CN(C)CCCN(C)CCCN(C)C.CN=C(N(C)C)N(C)C.Cc1ccc(OCC(=O)Nc2ccc(CN3CCCCC3)cc2)c(C)c1. The van der Waals surface area contributed by atoms with Gasteiger partial charge in [-0.2, -0.15) is 0 Å². The highest BCUT2D eigenvalue weighted by Crippen LogP contribution is 2.19. The van der Waals surface area contributed by atoms with E-state index in [9.17, 15) is 4.79 Å². The number of aliphatic imine (C=N–C) groups is 1. The Bertz CT molecular complexity index is 1440. The molecule has 1 N–H and O–H groups in total. The van der Waals surface area contributed by atoms with E-state index in [1.54, 1.807) is 7.05 Å². The van der Waals surface area contributed by atoms with E-state index in [-0.39, 0.29) is 12.5 Å². The van der Waals surface area contributed by atoms with E-state index in [0.717, 1.165) is 41.3 Å². The van der Waals surface area contributed by atoms with Gasteiger partial charge in [-0.25, -0.2) is 0 Å². The number of hydrogen-bond acceptors (Lipinski definition) is 9. The molecule has 0 radical (unpaired) electrons. The number of hydrogen-bond donors (Lipinski definition) is 1. The highest BCUT2D eigenvalue weighted by Gasteiger charge is 2.17. The molecule has 2 heterocycles. The number of rotatable bonds is 18. The summed E-state index contributed by atoms with van der Waals surface area (Å²) in [6.45, 7) is 29.1. The average Bonchev–Trinajstić information content (AvgIpc) is 3.19. The maximum Gasteiger partial charge on any atom is 0.262 e. The fourth-order valence-electron chi connectivity index (χ4n) is 7.78. The van der Waals surface area contributed by atoms with Gasteiger partial charge in [-0.05, 0) is 155 Å². The Hall–Kier alpha value is -3.26. The molecule has 0 atom stereocenters. The number of likely N-dealkylation sites (tertiary alicyclic amines) is 1. The number of aryl methyl sites for hydroxylation is 2. The second kappa shape index (κ2) is 33.3. The fourth-order valence-corrected chi connectivity index (χ4v) is 7.78. The summed E-state index contributed by atoms with van der Waals surface area (Å²) in [6.07, 6.45) is 6.49. The van der Waals surface area contributed by atoms with Crippen molar-refractivity contribution >= 4 is 17.6 Å². The van der Waals surface area contributed by atoms with E-state index in [1.165, 1.54) is 122 Å². The van der Waals surface area contributed by atoms with Crippen LogP contribution in [0.2, 0.25) is 0 Å². The molecule has 63 heavy (non-hydrogen) atoms. The quantitative estimate of drug-likeness (QED) is 0.124. The van der Waals surface area contributed by atoms with Crippen molar-refractivity contribution in [3.63, 3.8) is 0 Å². The molecule has 2 aliphatic heterocycles. The fraction of sp³-hybridized carbons (Fsp3) is 0.725.